The number of hydrogen-bond acceptors (Lipinski definition) is 4. The van der Waals surface area contributed by atoms with E-state index >= 15 is 0 Å². The van der Waals surface area contributed by atoms with Crippen molar-refractivity contribution in [3.63, 3.8) is 0 Å². The summed E-state index contributed by atoms with van der Waals surface area (Å²) in [5, 5.41) is 10.3. The van der Waals surface area contributed by atoms with E-state index in [0.29, 0.717) is 47.4 Å². The first kappa shape index (κ1) is 21.6. The van der Waals surface area contributed by atoms with Gasteiger partial charge in [0.1, 0.15) is 23.0 Å². The number of aromatic nitrogens is 2. The second-order valence-corrected chi connectivity index (χ2v) is 8.13. The lowest BCUT2D eigenvalue weighted by Gasteiger charge is -2.14. The number of rotatable bonds is 7. The highest BCUT2D eigenvalue weighted by Crippen LogP contribution is 2.29. The zero-order valence-corrected chi connectivity index (χ0v) is 18.2. The molecule has 170 valence electrons. The molecule has 2 heterocycles. The molecular weight excluding hydrogens is 435 g/mol. The number of fused-ring (bicyclic) bond motifs is 2. The van der Waals surface area contributed by atoms with Crippen molar-refractivity contribution in [1.82, 2.24) is 9.55 Å². The number of aliphatic carboxylic acids is 1. The normalized spacial score (nSPS) is 11.3. The number of furan rings is 1. The zero-order valence-electron chi connectivity index (χ0n) is 18.2. The number of hydrogen-bond donors (Lipinski definition) is 1. The highest BCUT2D eigenvalue weighted by atomic mass is 19.1. The van der Waals surface area contributed by atoms with Crippen LogP contribution in [0.3, 0.4) is 0 Å². The van der Waals surface area contributed by atoms with E-state index in [0.717, 1.165) is 16.5 Å². The Labute approximate surface area is 193 Å². The molecule has 0 aliphatic carbocycles. The van der Waals surface area contributed by atoms with Crippen LogP contribution in [0.2, 0.25) is 0 Å². The predicted molar refractivity (Wildman–Crippen MR) is 128 cm³/mol. The first-order valence-corrected chi connectivity index (χ1v) is 11.0. The van der Waals surface area contributed by atoms with Crippen LogP contribution < -0.4 is 5.56 Å². The largest absolute Gasteiger partial charge is 0.481 e. The van der Waals surface area contributed by atoms with Gasteiger partial charge in [-0.15, -0.1) is 0 Å². The molecular formula is C27H21FN2O4. The van der Waals surface area contributed by atoms with Gasteiger partial charge in [-0.2, -0.15) is 0 Å². The predicted octanol–water partition coefficient (Wildman–Crippen LogP) is 5.74. The van der Waals surface area contributed by atoms with Gasteiger partial charge >= 0.3 is 5.97 Å². The summed E-state index contributed by atoms with van der Waals surface area (Å²) in [6.07, 6.45) is 1.47. The summed E-state index contributed by atoms with van der Waals surface area (Å²) in [4.78, 5) is 29.1. The van der Waals surface area contributed by atoms with Crippen LogP contribution in [-0.4, -0.2) is 20.6 Å². The van der Waals surface area contributed by atoms with Crippen molar-refractivity contribution in [3.8, 4) is 17.0 Å². The molecule has 0 spiro atoms. The SMILES string of the molecule is O=C(O)CCCCc1nc2cc(-c3cc4ccccc4o3)ccc2c(=O)n1-c1ccc(F)cc1. The van der Waals surface area contributed by atoms with Gasteiger partial charge in [-0.25, -0.2) is 9.37 Å². The van der Waals surface area contributed by atoms with E-state index in [9.17, 15) is 14.0 Å². The van der Waals surface area contributed by atoms with Gasteiger partial charge in [0.05, 0.1) is 16.6 Å². The van der Waals surface area contributed by atoms with E-state index in [1.54, 1.807) is 6.07 Å². The van der Waals surface area contributed by atoms with Gasteiger partial charge in [0, 0.05) is 23.8 Å². The molecule has 0 radical (unpaired) electrons. The fourth-order valence-electron chi connectivity index (χ4n) is 4.09. The number of carbonyl (C=O) groups is 1. The van der Waals surface area contributed by atoms with Gasteiger partial charge in [0.2, 0.25) is 0 Å². The van der Waals surface area contributed by atoms with Crippen LogP contribution in [0.4, 0.5) is 4.39 Å². The quantitative estimate of drug-likeness (QED) is 0.316. The van der Waals surface area contributed by atoms with Gasteiger partial charge in [-0.1, -0.05) is 24.3 Å². The summed E-state index contributed by atoms with van der Waals surface area (Å²) in [7, 11) is 0. The van der Waals surface area contributed by atoms with Crippen molar-refractivity contribution < 1.29 is 18.7 Å². The minimum absolute atomic E-state index is 0.0462. The molecule has 34 heavy (non-hydrogen) atoms. The van der Waals surface area contributed by atoms with E-state index in [1.807, 2.05) is 42.5 Å². The Bertz CT molecular complexity index is 1530. The third kappa shape index (κ3) is 4.20. The number of unbranched alkanes of at least 4 members (excludes halogenated alkanes) is 1. The summed E-state index contributed by atoms with van der Waals surface area (Å²) in [6, 6.07) is 20.7. The van der Waals surface area contributed by atoms with Crippen molar-refractivity contribution in [2.45, 2.75) is 25.7 Å². The minimum atomic E-state index is -0.863. The average molecular weight is 456 g/mol. The molecule has 1 N–H and O–H groups in total. The minimum Gasteiger partial charge on any atom is -0.481 e. The lowest BCUT2D eigenvalue weighted by Crippen LogP contribution is -2.24. The number of aryl methyl sites for hydroxylation is 1. The molecule has 0 saturated carbocycles. The molecule has 0 aliphatic heterocycles. The standard InChI is InChI=1S/C27H21FN2O4/c28-19-10-12-20(13-11-19)30-25(7-3-4-8-26(31)32)29-22-15-18(9-14-21(22)27(30)33)24-16-17-5-1-2-6-23(17)34-24/h1-2,5-6,9-16H,3-4,7-8H2,(H,31,32). The van der Waals surface area contributed by atoms with Gasteiger partial charge in [-0.3, -0.25) is 14.2 Å². The zero-order chi connectivity index (χ0) is 23.7. The smallest absolute Gasteiger partial charge is 0.303 e. The molecule has 3 aromatic carbocycles. The highest BCUT2D eigenvalue weighted by Gasteiger charge is 2.15. The molecule has 0 fully saturated rings. The van der Waals surface area contributed by atoms with Crippen LogP contribution in [0.15, 0.2) is 82.0 Å². The summed E-state index contributed by atoms with van der Waals surface area (Å²) < 4.78 is 20.9. The van der Waals surface area contributed by atoms with Crippen LogP contribution >= 0.6 is 0 Å². The molecule has 0 amide bonds. The maximum absolute atomic E-state index is 13.5. The average Bonchev–Trinajstić information content (AvgIpc) is 3.27. The van der Waals surface area contributed by atoms with E-state index in [2.05, 4.69) is 0 Å². The number of benzene rings is 3. The molecule has 7 heteroatoms. The summed E-state index contributed by atoms with van der Waals surface area (Å²) in [6.45, 7) is 0. The number of para-hydroxylation sites is 1. The first-order valence-electron chi connectivity index (χ1n) is 11.0. The van der Waals surface area contributed by atoms with Gasteiger partial charge in [0.25, 0.3) is 5.56 Å². The van der Waals surface area contributed by atoms with E-state index in [1.165, 1.54) is 28.8 Å². The summed E-state index contributed by atoms with van der Waals surface area (Å²) in [5.41, 5.74) is 2.34. The third-order valence-corrected chi connectivity index (χ3v) is 5.77. The molecule has 0 unspecified atom stereocenters. The summed E-state index contributed by atoms with van der Waals surface area (Å²) in [5.74, 6) is -0.0891. The van der Waals surface area contributed by atoms with E-state index in [4.69, 9.17) is 14.5 Å². The van der Waals surface area contributed by atoms with E-state index in [-0.39, 0.29) is 12.0 Å². The Morgan fingerprint density at radius 1 is 1.00 bits per heavy atom. The van der Waals surface area contributed by atoms with Crippen LogP contribution in [0.25, 0.3) is 38.9 Å². The van der Waals surface area contributed by atoms with E-state index < -0.39 is 11.8 Å². The van der Waals surface area contributed by atoms with Gasteiger partial charge < -0.3 is 9.52 Å². The first-order chi connectivity index (χ1) is 16.5. The number of carboxylic acids is 1. The number of nitrogens with zero attached hydrogens (tertiary/aromatic N) is 2. The molecule has 0 atom stereocenters. The second kappa shape index (κ2) is 8.94. The second-order valence-electron chi connectivity index (χ2n) is 8.13. The van der Waals surface area contributed by atoms with Gasteiger partial charge in [0.15, 0.2) is 0 Å². The molecule has 5 rings (SSSR count). The summed E-state index contributed by atoms with van der Waals surface area (Å²) >= 11 is 0. The van der Waals surface area contributed by atoms with Crippen molar-refractivity contribution >= 4 is 27.8 Å². The Hall–Kier alpha value is -4.26. The monoisotopic (exact) mass is 456 g/mol. The van der Waals surface area contributed by atoms with Crippen molar-refractivity contribution in [3.05, 3.63) is 94.8 Å². The third-order valence-electron chi connectivity index (χ3n) is 5.77. The highest BCUT2D eigenvalue weighted by molar-refractivity contribution is 5.87. The number of carboxylic acid groups (broad SMARTS) is 1. The topological polar surface area (TPSA) is 85.3 Å². The molecule has 6 nitrogen and oxygen atoms in total. The lowest BCUT2D eigenvalue weighted by atomic mass is 10.1. The van der Waals surface area contributed by atoms with Crippen LogP contribution in [0.5, 0.6) is 0 Å². The fourth-order valence-corrected chi connectivity index (χ4v) is 4.09. The maximum atomic E-state index is 13.5. The van der Waals surface area contributed by atoms with Crippen molar-refractivity contribution in [2.24, 2.45) is 0 Å². The lowest BCUT2D eigenvalue weighted by molar-refractivity contribution is -0.137. The van der Waals surface area contributed by atoms with Gasteiger partial charge in [-0.05, 0) is 61.4 Å². The van der Waals surface area contributed by atoms with Crippen molar-refractivity contribution in [1.29, 1.82) is 0 Å². The van der Waals surface area contributed by atoms with Crippen molar-refractivity contribution in [2.75, 3.05) is 0 Å². The molecule has 5 aromatic rings. The Morgan fingerprint density at radius 2 is 1.79 bits per heavy atom. The molecule has 0 bridgehead atoms. The van der Waals surface area contributed by atoms with Crippen LogP contribution in [0, 0.1) is 5.82 Å². The molecule has 2 aromatic heterocycles. The van der Waals surface area contributed by atoms with Crippen LogP contribution in [-0.2, 0) is 11.2 Å². The Kier molecular flexibility index (Phi) is 5.67. The van der Waals surface area contributed by atoms with Crippen LogP contribution in [0.1, 0.15) is 25.1 Å². The Morgan fingerprint density at radius 3 is 2.56 bits per heavy atom. The molecule has 0 aliphatic rings. The maximum Gasteiger partial charge on any atom is 0.303 e. The fraction of sp³-hybridized carbons (Fsp3) is 0.148. The Balaban J connectivity index is 1.61. The molecule has 0 saturated heterocycles. The number of halogens is 1.